The lowest BCUT2D eigenvalue weighted by atomic mass is 10.4. The summed E-state index contributed by atoms with van der Waals surface area (Å²) in [5.41, 5.74) is 0.873. The van der Waals surface area contributed by atoms with Gasteiger partial charge in [-0.05, 0) is 41.9 Å². The largest absolute Gasteiger partial charge is 0.444 e. The maximum atomic E-state index is 11.8. The second-order valence-corrected chi connectivity index (χ2v) is 5.32. The predicted molar refractivity (Wildman–Crippen MR) is 88.2 cm³/mol. The van der Waals surface area contributed by atoms with Crippen LogP contribution in [0.1, 0.15) is 23.2 Å². The molecule has 22 heavy (non-hydrogen) atoms. The molecule has 1 amide bonds. The van der Waals surface area contributed by atoms with E-state index in [1.165, 1.54) is 0 Å². The Bertz CT molecular complexity index is 644. The molecule has 118 valence electrons. The topological polar surface area (TPSA) is 92.1 Å². The summed E-state index contributed by atoms with van der Waals surface area (Å²) in [6.45, 7) is 5.66. The fourth-order valence-corrected chi connectivity index (χ4v) is 2.09. The summed E-state index contributed by atoms with van der Waals surface area (Å²) >= 11 is 3.16. The van der Waals surface area contributed by atoms with Crippen molar-refractivity contribution in [3.63, 3.8) is 0 Å². The summed E-state index contributed by atoms with van der Waals surface area (Å²) < 4.78 is 5.71. The van der Waals surface area contributed by atoms with Crippen LogP contribution in [0.2, 0.25) is 0 Å². The number of hydrogen-bond acceptors (Lipinski definition) is 6. The van der Waals surface area contributed by atoms with Crippen molar-refractivity contribution in [1.82, 2.24) is 15.3 Å². The lowest BCUT2D eigenvalue weighted by Crippen LogP contribution is -2.28. The van der Waals surface area contributed by atoms with Crippen LogP contribution in [-0.4, -0.2) is 35.5 Å². The van der Waals surface area contributed by atoms with Gasteiger partial charge in [-0.1, -0.05) is 0 Å². The number of furan rings is 1. The minimum Gasteiger partial charge on any atom is -0.444 e. The Labute approximate surface area is 137 Å². The van der Waals surface area contributed by atoms with Gasteiger partial charge < -0.3 is 20.4 Å². The van der Waals surface area contributed by atoms with Crippen molar-refractivity contribution in [3.8, 4) is 0 Å². The normalized spacial score (nSPS) is 10.3. The summed E-state index contributed by atoms with van der Waals surface area (Å²) in [7, 11) is 0. The number of carbonyl (C=O) groups is 1. The SMILES string of the molecule is CCNc1nc(C)cc(NCCNC(=O)c2ccc(Br)o2)n1. The Kier molecular flexibility index (Phi) is 5.76. The van der Waals surface area contributed by atoms with Crippen LogP contribution in [0.15, 0.2) is 27.3 Å². The molecule has 7 nitrogen and oxygen atoms in total. The zero-order valence-corrected chi connectivity index (χ0v) is 14.0. The Morgan fingerprint density at radius 2 is 2.09 bits per heavy atom. The Morgan fingerprint density at radius 1 is 1.27 bits per heavy atom. The molecule has 0 bridgehead atoms. The minimum atomic E-state index is -0.250. The first-order valence-electron chi connectivity index (χ1n) is 6.95. The van der Waals surface area contributed by atoms with Crippen molar-refractivity contribution >= 4 is 33.6 Å². The van der Waals surface area contributed by atoms with E-state index in [4.69, 9.17) is 4.42 Å². The van der Waals surface area contributed by atoms with E-state index in [0.29, 0.717) is 23.7 Å². The predicted octanol–water partition coefficient (Wildman–Crippen LogP) is 2.41. The third-order valence-corrected chi connectivity index (χ3v) is 3.13. The molecule has 0 radical (unpaired) electrons. The number of hydrogen-bond donors (Lipinski definition) is 3. The first-order valence-corrected chi connectivity index (χ1v) is 7.74. The van der Waals surface area contributed by atoms with Gasteiger partial charge >= 0.3 is 0 Å². The van der Waals surface area contributed by atoms with Gasteiger partial charge in [-0.2, -0.15) is 4.98 Å². The molecule has 0 fully saturated rings. The first-order chi connectivity index (χ1) is 10.6. The molecule has 0 aromatic carbocycles. The van der Waals surface area contributed by atoms with Crippen LogP contribution in [0.5, 0.6) is 0 Å². The highest BCUT2D eigenvalue weighted by Crippen LogP contribution is 2.13. The molecule has 2 aromatic rings. The van der Waals surface area contributed by atoms with Gasteiger partial charge in [0.05, 0.1) is 0 Å². The minimum absolute atomic E-state index is 0.250. The van der Waals surface area contributed by atoms with E-state index < -0.39 is 0 Å². The number of aryl methyl sites for hydroxylation is 1. The molecule has 8 heteroatoms. The van der Waals surface area contributed by atoms with E-state index in [9.17, 15) is 4.79 Å². The van der Waals surface area contributed by atoms with Crippen LogP contribution in [0.4, 0.5) is 11.8 Å². The van der Waals surface area contributed by atoms with Crippen molar-refractivity contribution < 1.29 is 9.21 Å². The molecule has 3 N–H and O–H groups in total. The van der Waals surface area contributed by atoms with Gasteiger partial charge in [-0.3, -0.25) is 4.79 Å². The Balaban J connectivity index is 1.80. The molecule has 0 atom stereocenters. The van der Waals surface area contributed by atoms with E-state index in [-0.39, 0.29) is 11.7 Å². The molecule has 0 unspecified atom stereocenters. The highest BCUT2D eigenvalue weighted by Gasteiger charge is 2.09. The van der Waals surface area contributed by atoms with Crippen LogP contribution in [0.25, 0.3) is 0 Å². The lowest BCUT2D eigenvalue weighted by Gasteiger charge is -2.09. The van der Waals surface area contributed by atoms with Gasteiger partial charge in [0, 0.05) is 31.4 Å². The monoisotopic (exact) mass is 367 g/mol. The molecule has 0 saturated carbocycles. The van der Waals surface area contributed by atoms with Crippen molar-refractivity contribution in [3.05, 3.63) is 34.3 Å². The molecule has 0 aliphatic carbocycles. The maximum absolute atomic E-state index is 11.8. The standard InChI is InChI=1S/C14H18BrN5O2/c1-3-16-14-19-9(2)8-12(20-14)17-6-7-18-13(21)10-4-5-11(15)22-10/h4-5,8H,3,6-7H2,1-2H3,(H,18,21)(H2,16,17,19,20). The number of carbonyl (C=O) groups excluding carboxylic acids is 1. The van der Waals surface area contributed by atoms with Gasteiger partial charge in [0.2, 0.25) is 5.95 Å². The number of rotatable bonds is 7. The second kappa shape index (κ2) is 7.79. The zero-order valence-electron chi connectivity index (χ0n) is 12.4. The number of aromatic nitrogens is 2. The van der Waals surface area contributed by atoms with Crippen LogP contribution in [0.3, 0.4) is 0 Å². The summed E-state index contributed by atoms with van der Waals surface area (Å²) in [6.07, 6.45) is 0. The van der Waals surface area contributed by atoms with Gasteiger partial charge in [-0.25, -0.2) is 4.98 Å². The molecule has 0 aliphatic heterocycles. The summed E-state index contributed by atoms with van der Waals surface area (Å²) in [5, 5.41) is 8.98. The molecular weight excluding hydrogens is 350 g/mol. The average molecular weight is 368 g/mol. The number of halogens is 1. The quantitative estimate of drug-likeness (QED) is 0.650. The van der Waals surface area contributed by atoms with E-state index in [0.717, 1.165) is 18.1 Å². The maximum Gasteiger partial charge on any atom is 0.287 e. The zero-order chi connectivity index (χ0) is 15.9. The van der Waals surface area contributed by atoms with Crippen LogP contribution < -0.4 is 16.0 Å². The summed E-state index contributed by atoms with van der Waals surface area (Å²) in [5.74, 6) is 1.34. The fraction of sp³-hybridized carbons (Fsp3) is 0.357. The van der Waals surface area contributed by atoms with E-state index in [2.05, 4.69) is 41.8 Å². The number of nitrogens with zero attached hydrogens (tertiary/aromatic N) is 2. The molecular formula is C14H18BrN5O2. The average Bonchev–Trinajstić information content (AvgIpc) is 2.90. The van der Waals surface area contributed by atoms with Crippen LogP contribution in [-0.2, 0) is 0 Å². The lowest BCUT2D eigenvalue weighted by molar-refractivity contribution is 0.0926. The molecule has 2 rings (SSSR count). The summed E-state index contributed by atoms with van der Waals surface area (Å²) in [4.78, 5) is 20.4. The van der Waals surface area contributed by atoms with Gasteiger partial charge in [0.25, 0.3) is 5.91 Å². The molecule has 0 saturated heterocycles. The van der Waals surface area contributed by atoms with Gasteiger partial charge in [0.1, 0.15) is 5.82 Å². The summed E-state index contributed by atoms with van der Waals surface area (Å²) in [6, 6.07) is 5.15. The van der Waals surface area contributed by atoms with Gasteiger partial charge in [-0.15, -0.1) is 0 Å². The molecule has 0 aliphatic rings. The van der Waals surface area contributed by atoms with Crippen molar-refractivity contribution in [2.45, 2.75) is 13.8 Å². The van der Waals surface area contributed by atoms with Crippen molar-refractivity contribution in [2.75, 3.05) is 30.3 Å². The fourth-order valence-electron chi connectivity index (χ4n) is 1.79. The first kappa shape index (κ1) is 16.3. The Hall–Kier alpha value is -2.09. The van der Waals surface area contributed by atoms with Crippen molar-refractivity contribution in [2.24, 2.45) is 0 Å². The number of amides is 1. The molecule has 0 spiro atoms. The van der Waals surface area contributed by atoms with E-state index >= 15 is 0 Å². The van der Waals surface area contributed by atoms with Crippen molar-refractivity contribution in [1.29, 1.82) is 0 Å². The second-order valence-electron chi connectivity index (χ2n) is 4.53. The van der Waals surface area contributed by atoms with Gasteiger partial charge in [0.15, 0.2) is 10.4 Å². The third-order valence-electron chi connectivity index (χ3n) is 2.70. The smallest absolute Gasteiger partial charge is 0.287 e. The third kappa shape index (κ3) is 4.73. The molecule has 2 heterocycles. The highest BCUT2D eigenvalue weighted by atomic mass is 79.9. The number of anilines is 2. The van der Waals surface area contributed by atoms with E-state index in [1.54, 1.807) is 12.1 Å². The van der Waals surface area contributed by atoms with E-state index in [1.807, 2.05) is 19.9 Å². The van der Waals surface area contributed by atoms with Crippen LogP contribution >= 0.6 is 15.9 Å². The number of nitrogens with one attached hydrogen (secondary N) is 3. The Morgan fingerprint density at radius 3 is 2.77 bits per heavy atom. The van der Waals surface area contributed by atoms with Crippen LogP contribution in [0, 0.1) is 6.92 Å². The highest BCUT2D eigenvalue weighted by molar-refractivity contribution is 9.10. The molecule has 2 aromatic heterocycles.